The summed E-state index contributed by atoms with van der Waals surface area (Å²) in [5.41, 5.74) is 1.51. The lowest BCUT2D eigenvalue weighted by Crippen LogP contribution is -2.43. The highest BCUT2D eigenvalue weighted by Gasteiger charge is 2.33. The van der Waals surface area contributed by atoms with E-state index in [9.17, 15) is 0 Å². The monoisotopic (exact) mass is 335 g/mol. The van der Waals surface area contributed by atoms with E-state index in [2.05, 4.69) is 23.6 Å². The molecule has 2 rings (SSSR count). The average molecular weight is 335 g/mol. The summed E-state index contributed by atoms with van der Waals surface area (Å²) in [6, 6.07) is 2.07. The first kappa shape index (κ1) is 18.8. The van der Waals surface area contributed by atoms with Crippen molar-refractivity contribution in [1.29, 1.82) is 0 Å². The van der Waals surface area contributed by atoms with Crippen LogP contribution in [0.3, 0.4) is 0 Å². The van der Waals surface area contributed by atoms with Gasteiger partial charge >= 0.3 is 0 Å². The number of ether oxygens (including phenoxy) is 1. The van der Waals surface area contributed by atoms with E-state index in [0.29, 0.717) is 12.0 Å². The number of nitrogens with zero attached hydrogens (tertiary/aromatic N) is 1. The van der Waals surface area contributed by atoms with Crippen LogP contribution in [0.2, 0.25) is 0 Å². The summed E-state index contributed by atoms with van der Waals surface area (Å²) in [5, 5.41) is 6.92. The van der Waals surface area contributed by atoms with E-state index in [-0.39, 0.29) is 0 Å². The van der Waals surface area contributed by atoms with E-state index in [4.69, 9.17) is 14.1 Å². The van der Waals surface area contributed by atoms with Gasteiger partial charge in [-0.25, -0.2) is 4.99 Å². The third-order valence-electron chi connectivity index (χ3n) is 5.03. The number of guanidine groups is 1. The minimum atomic E-state index is 0.356. The Kier molecular flexibility index (Phi) is 7.16. The number of nitrogens with one attached hydrogen (secondary N) is 2. The Hall–Kier alpha value is -1.49. The summed E-state index contributed by atoms with van der Waals surface area (Å²) in [5.74, 6) is 2.79. The molecule has 0 radical (unpaired) electrons. The molecule has 136 valence electrons. The van der Waals surface area contributed by atoms with Gasteiger partial charge in [-0.15, -0.1) is 0 Å². The largest absolute Gasteiger partial charge is 0.466 e. The molecule has 1 heterocycles. The standard InChI is InChI=1S/C19H33N3O2/c1-5-20-18(21-13-17-12-15(2)24-16(17)3)22-14-19(10-11-23-4)8-6-7-9-19/h12H,5-11,13-14H2,1-4H3,(H2,20,21,22). The molecule has 24 heavy (non-hydrogen) atoms. The van der Waals surface area contributed by atoms with Crippen LogP contribution in [0.5, 0.6) is 0 Å². The summed E-state index contributed by atoms with van der Waals surface area (Å²) in [7, 11) is 1.79. The van der Waals surface area contributed by atoms with Gasteiger partial charge in [0, 0.05) is 32.4 Å². The highest BCUT2D eigenvalue weighted by atomic mass is 16.5. The minimum absolute atomic E-state index is 0.356. The molecule has 1 saturated carbocycles. The SMILES string of the molecule is CCNC(=NCc1cc(C)oc1C)NCC1(CCOC)CCCC1. The van der Waals surface area contributed by atoms with Gasteiger partial charge in [-0.2, -0.15) is 0 Å². The molecule has 0 unspecified atom stereocenters. The molecule has 0 bridgehead atoms. The molecule has 1 aromatic rings. The third-order valence-corrected chi connectivity index (χ3v) is 5.03. The minimum Gasteiger partial charge on any atom is -0.466 e. The van der Waals surface area contributed by atoms with E-state index in [0.717, 1.165) is 49.2 Å². The molecule has 0 amide bonds. The van der Waals surface area contributed by atoms with Crippen molar-refractivity contribution >= 4 is 5.96 Å². The molecule has 1 aromatic heterocycles. The van der Waals surface area contributed by atoms with Crippen molar-refractivity contribution in [1.82, 2.24) is 10.6 Å². The molecule has 1 aliphatic carbocycles. The average Bonchev–Trinajstić information content (AvgIpc) is 3.15. The first-order chi connectivity index (χ1) is 11.6. The van der Waals surface area contributed by atoms with Gasteiger partial charge in [0.25, 0.3) is 0 Å². The normalized spacial score (nSPS) is 17.2. The number of aliphatic imine (C=N–C) groups is 1. The van der Waals surface area contributed by atoms with E-state index in [1.807, 2.05) is 13.8 Å². The molecule has 5 heteroatoms. The number of hydrogen-bond acceptors (Lipinski definition) is 3. The zero-order valence-electron chi connectivity index (χ0n) is 15.7. The van der Waals surface area contributed by atoms with E-state index in [1.165, 1.54) is 25.7 Å². The van der Waals surface area contributed by atoms with Crippen LogP contribution >= 0.6 is 0 Å². The number of furan rings is 1. The van der Waals surface area contributed by atoms with E-state index in [1.54, 1.807) is 7.11 Å². The molecule has 0 spiro atoms. The van der Waals surface area contributed by atoms with Crippen molar-refractivity contribution in [3.05, 3.63) is 23.2 Å². The van der Waals surface area contributed by atoms with Crippen LogP contribution in [0.25, 0.3) is 0 Å². The molecular weight excluding hydrogens is 302 g/mol. The van der Waals surface area contributed by atoms with Crippen LogP contribution in [0.4, 0.5) is 0 Å². The lowest BCUT2D eigenvalue weighted by atomic mass is 9.83. The molecule has 0 atom stereocenters. The Labute approximate surface area is 146 Å². The van der Waals surface area contributed by atoms with Crippen molar-refractivity contribution in [2.24, 2.45) is 10.4 Å². The van der Waals surface area contributed by atoms with Gasteiger partial charge in [-0.1, -0.05) is 12.8 Å². The van der Waals surface area contributed by atoms with Crippen molar-refractivity contribution in [3.63, 3.8) is 0 Å². The summed E-state index contributed by atoms with van der Waals surface area (Å²) < 4.78 is 10.9. The second-order valence-electron chi connectivity index (χ2n) is 6.94. The summed E-state index contributed by atoms with van der Waals surface area (Å²) in [6.07, 6.45) is 6.33. The zero-order chi connectivity index (χ0) is 17.4. The molecule has 0 aliphatic heterocycles. The van der Waals surface area contributed by atoms with E-state index < -0.39 is 0 Å². The predicted octanol–water partition coefficient (Wildman–Crippen LogP) is 3.55. The lowest BCUT2D eigenvalue weighted by molar-refractivity contribution is 0.138. The predicted molar refractivity (Wildman–Crippen MR) is 98.4 cm³/mol. The van der Waals surface area contributed by atoms with Crippen LogP contribution in [0.15, 0.2) is 15.5 Å². The number of methoxy groups -OCH3 is 1. The van der Waals surface area contributed by atoms with Crippen LogP contribution in [-0.4, -0.2) is 32.8 Å². The second-order valence-corrected chi connectivity index (χ2v) is 6.94. The Balaban J connectivity index is 1.96. The quantitative estimate of drug-likeness (QED) is 0.563. The van der Waals surface area contributed by atoms with Crippen LogP contribution < -0.4 is 10.6 Å². The fourth-order valence-electron chi connectivity index (χ4n) is 3.58. The van der Waals surface area contributed by atoms with Crippen molar-refractivity contribution < 1.29 is 9.15 Å². The summed E-state index contributed by atoms with van der Waals surface area (Å²) in [6.45, 7) is 9.37. The molecule has 5 nitrogen and oxygen atoms in total. The van der Waals surface area contributed by atoms with Crippen molar-refractivity contribution in [2.45, 2.75) is 59.4 Å². The van der Waals surface area contributed by atoms with Gasteiger partial charge in [-0.3, -0.25) is 0 Å². The molecule has 1 aliphatic rings. The van der Waals surface area contributed by atoms with Gasteiger partial charge in [0.15, 0.2) is 5.96 Å². The molecule has 1 fully saturated rings. The fourth-order valence-corrected chi connectivity index (χ4v) is 3.58. The van der Waals surface area contributed by atoms with Crippen molar-refractivity contribution in [2.75, 3.05) is 26.8 Å². The maximum atomic E-state index is 5.58. The summed E-state index contributed by atoms with van der Waals surface area (Å²) >= 11 is 0. The number of hydrogen-bond donors (Lipinski definition) is 2. The second kappa shape index (κ2) is 9.11. The Bertz CT molecular complexity index is 531. The molecule has 0 saturated heterocycles. The topological polar surface area (TPSA) is 58.8 Å². The first-order valence-corrected chi connectivity index (χ1v) is 9.15. The highest BCUT2D eigenvalue weighted by Crippen LogP contribution is 2.40. The lowest BCUT2D eigenvalue weighted by Gasteiger charge is -2.30. The van der Waals surface area contributed by atoms with E-state index >= 15 is 0 Å². The fraction of sp³-hybridized carbons (Fsp3) is 0.737. The first-order valence-electron chi connectivity index (χ1n) is 9.15. The van der Waals surface area contributed by atoms with Crippen molar-refractivity contribution in [3.8, 4) is 0 Å². The molecular formula is C19H33N3O2. The molecule has 0 aromatic carbocycles. The maximum absolute atomic E-state index is 5.58. The van der Waals surface area contributed by atoms with Crippen LogP contribution in [-0.2, 0) is 11.3 Å². The number of rotatable bonds is 8. The molecule has 2 N–H and O–H groups in total. The number of aryl methyl sites for hydroxylation is 2. The third kappa shape index (κ3) is 5.26. The van der Waals surface area contributed by atoms with Gasteiger partial charge < -0.3 is 19.8 Å². The van der Waals surface area contributed by atoms with Gasteiger partial charge in [0.1, 0.15) is 11.5 Å². The summed E-state index contributed by atoms with van der Waals surface area (Å²) in [4.78, 5) is 4.73. The van der Waals surface area contributed by atoms with Gasteiger partial charge in [-0.05, 0) is 51.5 Å². The Morgan fingerprint density at radius 1 is 1.29 bits per heavy atom. The Morgan fingerprint density at radius 2 is 2.04 bits per heavy atom. The maximum Gasteiger partial charge on any atom is 0.191 e. The highest BCUT2D eigenvalue weighted by molar-refractivity contribution is 5.79. The van der Waals surface area contributed by atoms with Crippen LogP contribution in [0, 0.1) is 19.3 Å². The van der Waals surface area contributed by atoms with Crippen LogP contribution in [0.1, 0.15) is 56.1 Å². The zero-order valence-corrected chi connectivity index (χ0v) is 15.7. The van der Waals surface area contributed by atoms with Gasteiger partial charge in [0.05, 0.1) is 6.54 Å². The van der Waals surface area contributed by atoms with Gasteiger partial charge in [0.2, 0.25) is 0 Å². The Morgan fingerprint density at radius 3 is 2.62 bits per heavy atom. The smallest absolute Gasteiger partial charge is 0.191 e.